The summed E-state index contributed by atoms with van der Waals surface area (Å²) in [6, 6.07) is 4.66. The van der Waals surface area contributed by atoms with Gasteiger partial charge in [-0.15, -0.1) is 11.3 Å². The van der Waals surface area contributed by atoms with E-state index in [-0.39, 0.29) is 21.6 Å². The molecule has 18 heavy (non-hydrogen) atoms. The van der Waals surface area contributed by atoms with Gasteiger partial charge >= 0.3 is 5.97 Å². The summed E-state index contributed by atoms with van der Waals surface area (Å²) in [5.41, 5.74) is -0.379. The molecule has 0 saturated heterocycles. The van der Waals surface area contributed by atoms with Crippen molar-refractivity contribution in [3.8, 4) is 11.6 Å². The van der Waals surface area contributed by atoms with Crippen LogP contribution in [0, 0.1) is 0 Å². The molecule has 0 aliphatic heterocycles. The van der Waals surface area contributed by atoms with Gasteiger partial charge in [-0.1, -0.05) is 0 Å². The molecule has 6 nitrogen and oxygen atoms in total. The standard InChI is InChI=1S/C11H6N2O4S/c14-9-5-4-7(11(15)16)18-10(5)13-8(12-9)6-2-1-3-17-6/h1-4H,(H,15,16)(H,12,13,14). The zero-order chi connectivity index (χ0) is 12.7. The minimum Gasteiger partial charge on any atom is -0.477 e. The Morgan fingerprint density at radius 3 is 3.00 bits per heavy atom. The van der Waals surface area contributed by atoms with Crippen LogP contribution in [0.4, 0.5) is 0 Å². The van der Waals surface area contributed by atoms with E-state index >= 15 is 0 Å². The fourth-order valence-corrected chi connectivity index (χ4v) is 2.44. The summed E-state index contributed by atoms with van der Waals surface area (Å²) in [7, 11) is 0. The maximum atomic E-state index is 11.8. The summed E-state index contributed by atoms with van der Waals surface area (Å²) in [5, 5.41) is 9.15. The number of hydrogen-bond donors (Lipinski definition) is 2. The summed E-state index contributed by atoms with van der Waals surface area (Å²) in [6.07, 6.45) is 1.47. The zero-order valence-electron chi connectivity index (χ0n) is 8.84. The number of rotatable bonds is 2. The number of nitrogens with one attached hydrogen (secondary N) is 1. The number of carboxylic acid groups (broad SMARTS) is 1. The summed E-state index contributed by atoms with van der Waals surface area (Å²) in [5.74, 6) is -0.354. The van der Waals surface area contributed by atoms with Gasteiger partial charge in [0.05, 0.1) is 11.6 Å². The highest BCUT2D eigenvalue weighted by atomic mass is 32.1. The van der Waals surface area contributed by atoms with Gasteiger partial charge in [-0.3, -0.25) is 4.79 Å². The van der Waals surface area contributed by atoms with Gasteiger partial charge in [-0.05, 0) is 18.2 Å². The Morgan fingerprint density at radius 1 is 1.50 bits per heavy atom. The number of furan rings is 1. The third kappa shape index (κ3) is 1.61. The summed E-state index contributed by atoms with van der Waals surface area (Å²) in [6.45, 7) is 0. The van der Waals surface area contributed by atoms with Gasteiger partial charge in [0.15, 0.2) is 11.6 Å². The smallest absolute Gasteiger partial charge is 0.345 e. The van der Waals surface area contributed by atoms with Gasteiger partial charge in [-0.2, -0.15) is 0 Å². The maximum absolute atomic E-state index is 11.8. The van der Waals surface area contributed by atoms with Crippen molar-refractivity contribution in [2.45, 2.75) is 0 Å². The Kier molecular flexibility index (Phi) is 2.27. The van der Waals surface area contributed by atoms with Crippen molar-refractivity contribution in [3.05, 3.63) is 39.7 Å². The SMILES string of the molecule is O=C(O)c1cc2c(=O)[nH]c(-c3ccco3)nc2s1. The predicted molar refractivity (Wildman–Crippen MR) is 64.9 cm³/mol. The lowest BCUT2D eigenvalue weighted by Gasteiger charge is -1.95. The van der Waals surface area contributed by atoms with Crippen LogP contribution in [-0.4, -0.2) is 21.0 Å². The van der Waals surface area contributed by atoms with Crippen molar-refractivity contribution in [3.63, 3.8) is 0 Å². The van der Waals surface area contributed by atoms with E-state index in [1.807, 2.05) is 0 Å². The first-order valence-electron chi connectivity index (χ1n) is 4.96. The lowest BCUT2D eigenvalue weighted by Crippen LogP contribution is -2.07. The minimum atomic E-state index is -1.07. The summed E-state index contributed by atoms with van der Waals surface area (Å²) in [4.78, 5) is 29.9. The van der Waals surface area contributed by atoms with Crippen LogP contribution >= 0.6 is 11.3 Å². The van der Waals surface area contributed by atoms with Gasteiger partial charge in [0.25, 0.3) is 5.56 Å². The largest absolute Gasteiger partial charge is 0.477 e. The molecule has 7 heteroatoms. The molecule has 0 bridgehead atoms. The van der Waals surface area contributed by atoms with Crippen LogP contribution in [0.15, 0.2) is 33.7 Å². The number of thiophene rings is 1. The Hall–Kier alpha value is -2.41. The molecular weight excluding hydrogens is 256 g/mol. The quantitative estimate of drug-likeness (QED) is 0.735. The Labute approximate surface area is 104 Å². The summed E-state index contributed by atoms with van der Waals surface area (Å²) >= 11 is 0.959. The van der Waals surface area contributed by atoms with Crippen LogP contribution < -0.4 is 5.56 Å². The molecule has 0 spiro atoms. The fraction of sp³-hybridized carbons (Fsp3) is 0. The molecule has 0 aliphatic rings. The molecule has 3 aromatic heterocycles. The third-order valence-corrected chi connectivity index (χ3v) is 3.38. The molecule has 0 aliphatic carbocycles. The van der Waals surface area contributed by atoms with Crippen molar-refractivity contribution in [1.82, 2.24) is 9.97 Å². The van der Waals surface area contributed by atoms with E-state index in [0.717, 1.165) is 11.3 Å². The highest BCUT2D eigenvalue weighted by Crippen LogP contribution is 2.23. The number of nitrogens with zero attached hydrogens (tertiary/aromatic N) is 1. The molecule has 2 N–H and O–H groups in total. The van der Waals surface area contributed by atoms with Gasteiger partial charge in [0.1, 0.15) is 9.71 Å². The van der Waals surface area contributed by atoms with Crippen molar-refractivity contribution in [2.75, 3.05) is 0 Å². The number of fused-ring (bicyclic) bond motifs is 1. The van der Waals surface area contributed by atoms with Crippen LogP contribution in [0.2, 0.25) is 0 Å². The zero-order valence-corrected chi connectivity index (χ0v) is 9.65. The van der Waals surface area contributed by atoms with Gasteiger partial charge in [0.2, 0.25) is 0 Å². The Balaban J connectivity index is 2.27. The first-order chi connectivity index (χ1) is 8.65. The van der Waals surface area contributed by atoms with Crippen molar-refractivity contribution >= 4 is 27.5 Å². The van der Waals surface area contributed by atoms with E-state index in [9.17, 15) is 9.59 Å². The van der Waals surface area contributed by atoms with Gasteiger partial charge in [-0.25, -0.2) is 9.78 Å². The molecule has 0 fully saturated rings. The van der Waals surface area contributed by atoms with Crippen LogP contribution in [0.1, 0.15) is 9.67 Å². The summed E-state index contributed by atoms with van der Waals surface area (Å²) < 4.78 is 5.13. The number of aromatic amines is 1. The van der Waals surface area contributed by atoms with Crippen molar-refractivity contribution in [1.29, 1.82) is 0 Å². The maximum Gasteiger partial charge on any atom is 0.345 e. The van der Waals surface area contributed by atoms with Gasteiger partial charge < -0.3 is 14.5 Å². The first-order valence-corrected chi connectivity index (χ1v) is 5.78. The fourth-order valence-electron chi connectivity index (χ4n) is 1.57. The van der Waals surface area contributed by atoms with E-state index in [0.29, 0.717) is 10.6 Å². The first kappa shape index (κ1) is 10.7. The molecule has 3 rings (SSSR count). The van der Waals surface area contributed by atoms with E-state index < -0.39 is 5.97 Å². The molecule has 0 radical (unpaired) electrons. The van der Waals surface area contributed by atoms with E-state index in [2.05, 4.69) is 9.97 Å². The minimum absolute atomic E-state index is 0.0830. The number of hydrogen-bond acceptors (Lipinski definition) is 5. The van der Waals surface area contributed by atoms with Crippen LogP contribution in [-0.2, 0) is 0 Å². The van der Waals surface area contributed by atoms with Gasteiger partial charge in [0, 0.05) is 0 Å². The highest BCUT2D eigenvalue weighted by molar-refractivity contribution is 7.20. The second-order valence-electron chi connectivity index (χ2n) is 3.53. The van der Waals surface area contributed by atoms with Crippen LogP contribution in [0.3, 0.4) is 0 Å². The molecule has 3 heterocycles. The monoisotopic (exact) mass is 262 g/mol. The third-order valence-electron chi connectivity index (χ3n) is 2.37. The number of carbonyl (C=O) groups is 1. The van der Waals surface area contributed by atoms with Crippen LogP contribution in [0.25, 0.3) is 21.8 Å². The molecule has 0 saturated carbocycles. The predicted octanol–water partition coefficient (Wildman–Crippen LogP) is 1.94. The van der Waals surface area contributed by atoms with Crippen molar-refractivity contribution in [2.24, 2.45) is 0 Å². The molecule has 90 valence electrons. The highest BCUT2D eigenvalue weighted by Gasteiger charge is 2.14. The lowest BCUT2D eigenvalue weighted by molar-refractivity contribution is 0.0702. The van der Waals surface area contributed by atoms with E-state index in [1.54, 1.807) is 12.1 Å². The Morgan fingerprint density at radius 2 is 2.33 bits per heavy atom. The lowest BCUT2D eigenvalue weighted by atomic mass is 10.3. The molecule has 0 atom stereocenters. The normalized spacial score (nSPS) is 10.9. The molecule has 0 amide bonds. The van der Waals surface area contributed by atoms with Crippen molar-refractivity contribution < 1.29 is 14.3 Å². The molecule has 0 aromatic carbocycles. The number of aromatic carboxylic acids is 1. The van der Waals surface area contributed by atoms with E-state index in [1.165, 1.54) is 12.3 Å². The molecular formula is C11H6N2O4S. The number of H-pyrrole nitrogens is 1. The number of carboxylic acids is 1. The second kappa shape index (κ2) is 3.81. The topological polar surface area (TPSA) is 96.2 Å². The molecule has 3 aromatic rings. The van der Waals surface area contributed by atoms with Crippen LogP contribution in [0.5, 0.6) is 0 Å². The second-order valence-corrected chi connectivity index (χ2v) is 4.56. The number of aromatic nitrogens is 2. The van der Waals surface area contributed by atoms with E-state index in [4.69, 9.17) is 9.52 Å². The average molecular weight is 262 g/mol. The molecule has 0 unspecified atom stereocenters. The average Bonchev–Trinajstić information content (AvgIpc) is 2.97. The Bertz CT molecular complexity index is 785.